The number of hydrogen-bond acceptors (Lipinski definition) is 5. The molecule has 2 aliphatic heterocycles. The van der Waals surface area contributed by atoms with Crippen LogP contribution in [0.25, 0.3) is 0 Å². The maximum Gasteiger partial charge on any atom is 0.410 e. The fourth-order valence-electron chi connectivity index (χ4n) is 3.87. The SMILES string of the molecule is CC(C)(C)OC(=O)N1CCC2(CC1)CC(=O)c1nn(Cc3ccccc3)cc1O2. The third-order valence-corrected chi connectivity index (χ3v) is 5.32. The molecule has 29 heavy (non-hydrogen) atoms. The number of carbonyl (C=O) groups excluding carboxylic acids is 2. The molecule has 0 radical (unpaired) electrons. The van der Waals surface area contributed by atoms with Gasteiger partial charge in [-0.25, -0.2) is 4.79 Å². The Morgan fingerprint density at radius 2 is 1.90 bits per heavy atom. The molecule has 1 saturated heterocycles. The van der Waals surface area contributed by atoms with Gasteiger partial charge in [-0.1, -0.05) is 30.3 Å². The van der Waals surface area contributed by atoms with Crippen molar-refractivity contribution in [1.82, 2.24) is 14.7 Å². The van der Waals surface area contributed by atoms with E-state index in [0.717, 1.165) is 5.56 Å². The zero-order valence-corrected chi connectivity index (χ0v) is 17.2. The Morgan fingerprint density at radius 1 is 1.21 bits per heavy atom. The summed E-state index contributed by atoms with van der Waals surface area (Å²) in [6.07, 6.45) is 2.99. The molecule has 2 aliphatic rings. The molecule has 0 unspecified atom stereocenters. The molecule has 7 nitrogen and oxygen atoms in total. The Kier molecular flexibility index (Phi) is 4.84. The predicted octanol–water partition coefficient (Wildman–Crippen LogP) is 3.67. The second kappa shape index (κ2) is 7.21. The van der Waals surface area contributed by atoms with Crippen LogP contribution in [0.4, 0.5) is 4.79 Å². The van der Waals surface area contributed by atoms with Gasteiger partial charge in [0.15, 0.2) is 17.2 Å². The molecule has 154 valence electrons. The Morgan fingerprint density at radius 3 is 2.55 bits per heavy atom. The summed E-state index contributed by atoms with van der Waals surface area (Å²) in [4.78, 5) is 26.8. The molecule has 0 N–H and O–H groups in total. The number of aromatic nitrogens is 2. The van der Waals surface area contributed by atoms with Gasteiger partial charge in [-0.15, -0.1) is 0 Å². The second-order valence-corrected chi connectivity index (χ2v) is 8.88. The van der Waals surface area contributed by atoms with Gasteiger partial charge < -0.3 is 14.4 Å². The van der Waals surface area contributed by atoms with Crippen LogP contribution in [0.15, 0.2) is 36.5 Å². The molecule has 1 amide bonds. The third-order valence-electron chi connectivity index (χ3n) is 5.32. The lowest BCUT2D eigenvalue weighted by molar-refractivity contribution is -0.0226. The van der Waals surface area contributed by atoms with Crippen LogP contribution in [-0.2, 0) is 11.3 Å². The smallest absolute Gasteiger partial charge is 0.410 e. The van der Waals surface area contributed by atoms with Crippen LogP contribution in [0.3, 0.4) is 0 Å². The number of piperidine rings is 1. The van der Waals surface area contributed by atoms with Crippen LogP contribution in [-0.4, -0.2) is 50.8 Å². The van der Waals surface area contributed by atoms with Crippen LogP contribution in [0.5, 0.6) is 5.75 Å². The highest BCUT2D eigenvalue weighted by molar-refractivity contribution is 5.98. The van der Waals surface area contributed by atoms with Crippen molar-refractivity contribution in [1.29, 1.82) is 0 Å². The van der Waals surface area contributed by atoms with Crippen molar-refractivity contribution >= 4 is 11.9 Å². The number of hydrogen-bond donors (Lipinski definition) is 0. The Bertz CT molecular complexity index is 906. The van der Waals surface area contributed by atoms with E-state index in [9.17, 15) is 9.59 Å². The van der Waals surface area contributed by atoms with Crippen molar-refractivity contribution in [2.75, 3.05) is 13.1 Å². The molecule has 1 aromatic heterocycles. The number of benzene rings is 1. The van der Waals surface area contributed by atoms with E-state index >= 15 is 0 Å². The highest BCUT2D eigenvalue weighted by Crippen LogP contribution is 2.39. The van der Waals surface area contributed by atoms with E-state index in [1.165, 1.54) is 0 Å². The van der Waals surface area contributed by atoms with Crippen molar-refractivity contribution in [3.8, 4) is 5.75 Å². The highest BCUT2D eigenvalue weighted by Gasteiger charge is 2.45. The van der Waals surface area contributed by atoms with Gasteiger partial charge in [-0.05, 0) is 26.3 Å². The fourth-order valence-corrected chi connectivity index (χ4v) is 3.87. The normalized spacial score (nSPS) is 18.3. The summed E-state index contributed by atoms with van der Waals surface area (Å²) in [5.74, 6) is 0.548. The van der Waals surface area contributed by atoms with Crippen molar-refractivity contribution < 1.29 is 19.1 Å². The zero-order chi connectivity index (χ0) is 20.6. The molecular weight excluding hydrogens is 370 g/mol. The first-order valence-corrected chi connectivity index (χ1v) is 10.0. The number of carbonyl (C=O) groups is 2. The number of Topliss-reactive ketones (excluding diaryl/α,β-unsaturated/α-hetero) is 1. The van der Waals surface area contributed by atoms with Gasteiger partial charge in [0.05, 0.1) is 19.2 Å². The first-order chi connectivity index (χ1) is 13.7. The lowest BCUT2D eigenvalue weighted by atomic mass is 9.84. The van der Waals surface area contributed by atoms with Gasteiger partial charge in [0.25, 0.3) is 0 Å². The lowest BCUT2D eigenvalue weighted by Gasteiger charge is -2.43. The second-order valence-electron chi connectivity index (χ2n) is 8.88. The molecule has 3 heterocycles. The summed E-state index contributed by atoms with van der Waals surface area (Å²) in [6.45, 7) is 7.17. The largest absolute Gasteiger partial charge is 0.483 e. The first-order valence-electron chi connectivity index (χ1n) is 10.0. The topological polar surface area (TPSA) is 73.7 Å². The van der Waals surface area contributed by atoms with E-state index in [1.54, 1.807) is 15.8 Å². The van der Waals surface area contributed by atoms with Gasteiger partial charge >= 0.3 is 6.09 Å². The average molecular weight is 397 g/mol. The Hall–Kier alpha value is -2.83. The molecule has 1 spiro atoms. The van der Waals surface area contributed by atoms with E-state index in [4.69, 9.17) is 9.47 Å². The molecule has 2 aromatic rings. The van der Waals surface area contributed by atoms with Crippen molar-refractivity contribution in [3.05, 3.63) is 47.8 Å². The molecule has 0 saturated carbocycles. The maximum atomic E-state index is 12.8. The summed E-state index contributed by atoms with van der Waals surface area (Å²) >= 11 is 0. The quantitative estimate of drug-likeness (QED) is 0.773. The minimum Gasteiger partial charge on any atom is -0.483 e. The fraction of sp³-hybridized carbons (Fsp3) is 0.500. The number of amides is 1. The molecular formula is C22H27N3O4. The molecule has 1 fully saturated rings. The minimum absolute atomic E-state index is 0.00350. The molecule has 1 aromatic carbocycles. The summed E-state index contributed by atoms with van der Waals surface area (Å²) < 4.78 is 13.5. The monoisotopic (exact) mass is 397 g/mol. The lowest BCUT2D eigenvalue weighted by Crippen LogP contribution is -2.52. The van der Waals surface area contributed by atoms with E-state index in [2.05, 4.69) is 5.10 Å². The van der Waals surface area contributed by atoms with Gasteiger partial charge in [-0.3, -0.25) is 9.48 Å². The van der Waals surface area contributed by atoms with Crippen LogP contribution in [0, 0.1) is 0 Å². The number of ether oxygens (including phenoxy) is 2. The third kappa shape index (κ3) is 4.28. The number of rotatable bonds is 2. The Balaban J connectivity index is 1.44. The predicted molar refractivity (Wildman–Crippen MR) is 107 cm³/mol. The summed E-state index contributed by atoms with van der Waals surface area (Å²) in [7, 11) is 0. The Labute approximate surface area is 170 Å². The zero-order valence-electron chi connectivity index (χ0n) is 17.2. The van der Waals surface area contributed by atoms with Crippen molar-refractivity contribution in [2.24, 2.45) is 0 Å². The van der Waals surface area contributed by atoms with Crippen molar-refractivity contribution in [2.45, 2.75) is 57.8 Å². The van der Waals surface area contributed by atoms with Crippen molar-refractivity contribution in [3.63, 3.8) is 0 Å². The van der Waals surface area contributed by atoms with Gasteiger partial charge in [0.1, 0.15) is 11.2 Å². The molecule has 0 atom stereocenters. The van der Waals surface area contributed by atoms with Gasteiger partial charge in [-0.2, -0.15) is 5.10 Å². The summed E-state index contributed by atoms with van der Waals surface area (Å²) in [5, 5.41) is 4.45. The van der Waals surface area contributed by atoms with E-state index in [0.29, 0.717) is 50.3 Å². The van der Waals surface area contributed by atoms with E-state index < -0.39 is 11.2 Å². The van der Waals surface area contributed by atoms with Crippen LogP contribution >= 0.6 is 0 Å². The van der Waals surface area contributed by atoms with E-state index in [-0.39, 0.29) is 11.9 Å². The molecule has 0 aliphatic carbocycles. The summed E-state index contributed by atoms with van der Waals surface area (Å²) in [6, 6.07) is 9.98. The standard InChI is InChI=1S/C22H27N3O4/c1-21(2,3)29-20(27)24-11-9-22(10-12-24)13-17(26)19-18(28-22)15-25(23-19)14-16-7-5-4-6-8-16/h4-8,15H,9-14H2,1-3H3. The molecule has 0 bridgehead atoms. The number of likely N-dealkylation sites (tertiary alicyclic amines) is 1. The number of nitrogens with zero attached hydrogens (tertiary/aromatic N) is 3. The maximum absolute atomic E-state index is 12.8. The highest BCUT2D eigenvalue weighted by atomic mass is 16.6. The van der Waals surface area contributed by atoms with E-state index in [1.807, 2.05) is 51.1 Å². The van der Waals surface area contributed by atoms with Gasteiger partial charge in [0.2, 0.25) is 0 Å². The number of fused-ring (bicyclic) bond motifs is 1. The van der Waals surface area contributed by atoms with Crippen LogP contribution < -0.4 is 4.74 Å². The van der Waals surface area contributed by atoms with Gasteiger partial charge in [0, 0.05) is 25.9 Å². The average Bonchev–Trinajstić information content (AvgIpc) is 3.04. The minimum atomic E-state index is -0.566. The summed E-state index contributed by atoms with van der Waals surface area (Å²) in [5.41, 5.74) is 0.427. The van der Waals surface area contributed by atoms with Crippen LogP contribution in [0.2, 0.25) is 0 Å². The van der Waals surface area contributed by atoms with Crippen LogP contribution in [0.1, 0.15) is 56.1 Å². The molecule has 7 heteroatoms. The molecule has 4 rings (SSSR count). The first kappa shape index (κ1) is 19.5. The number of ketones is 1.